The van der Waals surface area contributed by atoms with E-state index in [1.807, 2.05) is 38.1 Å². The van der Waals surface area contributed by atoms with Gasteiger partial charge in [0.05, 0.1) is 24.9 Å². The fourth-order valence-electron chi connectivity index (χ4n) is 2.59. The van der Waals surface area contributed by atoms with Crippen LogP contribution < -0.4 is 20.1 Å². The van der Waals surface area contributed by atoms with Gasteiger partial charge in [-0.15, -0.1) is 0 Å². The normalized spacial score (nSPS) is 10.3. The molecule has 2 N–H and O–H groups in total. The predicted octanol–water partition coefficient (Wildman–Crippen LogP) is 4.50. The maximum atomic E-state index is 6.30. The molecule has 0 heterocycles. The Morgan fingerprint density at radius 3 is 2.44 bits per heavy atom. The molecular weight excluding hydrogens is 356 g/mol. The number of aryl methyl sites for hydroxylation is 2. The summed E-state index contributed by atoms with van der Waals surface area (Å²) in [4.78, 5) is 0. The molecule has 134 valence electrons. The Kier molecular flexibility index (Phi) is 6.91. The second-order valence-corrected chi connectivity index (χ2v) is 6.57. The van der Waals surface area contributed by atoms with Crippen LogP contribution in [0.5, 0.6) is 11.5 Å². The molecule has 0 spiro atoms. The fourth-order valence-corrected chi connectivity index (χ4v) is 3.16. The van der Waals surface area contributed by atoms with Crippen LogP contribution in [-0.2, 0) is 6.42 Å². The molecule has 2 aromatic rings. The van der Waals surface area contributed by atoms with Gasteiger partial charge in [-0.1, -0.05) is 23.7 Å². The van der Waals surface area contributed by atoms with Crippen LogP contribution in [0.25, 0.3) is 0 Å². The van der Waals surface area contributed by atoms with Gasteiger partial charge in [-0.25, -0.2) is 0 Å². The van der Waals surface area contributed by atoms with Crippen molar-refractivity contribution in [3.63, 3.8) is 0 Å². The standard InChI is InChI=1S/C19H23ClN2O2S/c1-12-9-13(2)18(15(20)10-12)22-19(25)21-8-7-14-5-6-16(23-3)17(11-14)24-4/h5-6,9-11H,7-8H2,1-4H3,(H2,21,22,25). The highest BCUT2D eigenvalue weighted by atomic mass is 35.5. The average molecular weight is 379 g/mol. The molecule has 0 atom stereocenters. The van der Waals surface area contributed by atoms with E-state index in [-0.39, 0.29) is 0 Å². The van der Waals surface area contributed by atoms with E-state index in [0.717, 1.165) is 40.3 Å². The molecule has 0 radical (unpaired) electrons. The highest BCUT2D eigenvalue weighted by molar-refractivity contribution is 7.80. The summed E-state index contributed by atoms with van der Waals surface area (Å²) in [5.74, 6) is 1.45. The van der Waals surface area contributed by atoms with Crippen molar-refractivity contribution < 1.29 is 9.47 Å². The van der Waals surface area contributed by atoms with Crippen LogP contribution in [-0.4, -0.2) is 25.9 Å². The van der Waals surface area contributed by atoms with E-state index in [0.29, 0.717) is 16.7 Å². The first-order chi connectivity index (χ1) is 11.9. The highest BCUT2D eigenvalue weighted by Gasteiger charge is 2.08. The molecule has 4 nitrogen and oxygen atoms in total. The van der Waals surface area contributed by atoms with Gasteiger partial charge in [0, 0.05) is 6.54 Å². The van der Waals surface area contributed by atoms with Crippen LogP contribution >= 0.6 is 23.8 Å². The summed E-state index contributed by atoms with van der Waals surface area (Å²) in [7, 11) is 3.26. The minimum absolute atomic E-state index is 0.550. The molecule has 0 aliphatic rings. The van der Waals surface area contributed by atoms with Gasteiger partial charge in [-0.05, 0) is 67.4 Å². The molecule has 0 saturated carbocycles. The van der Waals surface area contributed by atoms with E-state index in [2.05, 4.69) is 16.7 Å². The SMILES string of the molecule is COc1ccc(CCNC(=S)Nc2c(C)cc(C)cc2Cl)cc1OC. The monoisotopic (exact) mass is 378 g/mol. The zero-order valence-electron chi connectivity index (χ0n) is 14.9. The first-order valence-corrected chi connectivity index (χ1v) is 8.75. The zero-order chi connectivity index (χ0) is 18.4. The number of anilines is 1. The molecule has 0 aliphatic carbocycles. The smallest absolute Gasteiger partial charge is 0.170 e. The molecule has 0 bridgehead atoms. The molecule has 0 aliphatic heterocycles. The van der Waals surface area contributed by atoms with Gasteiger partial charge in [-0.2, -0.15) is 0 Å². The van der Waals surface area contributed by atoms with Crippen LogP contribution in [0.2, 0.25) is 5.02 Å². The Bertz CT molecular complexity index is 742. The van der Waals surface area contributed by atoms with Crippen LogP contribution in [0.4, 0.5) is 5.69 Å². The fraction of sp³-hybridized carbons (Fsp3) is 0.316. The number of hydrogen-bond donors (Lipinski definition) is 2. The number of benzene rings is 2. The van der Waals surface area contributed by atoms with E-state index < -0.39 is 0 Å². The Morgan fingerprint density at radius 1 is 1.08 bits per heavy atom. The van der Waals surface area contributed by atoms with Gasteiger partial charge in [-0.3, -0.25) is 0 Å². The molecule has 2 rings (SSSR count). The van der Waals surface area contributed by atoms with Crippen molar-refractivity contribution in [2.75, 3.05) is 26.1 Å². The molecule has 0 aromatic heterocycles. The summed E-state index contributed by atoms with van der Waals surface area (Å²) >= 11 is 11.7. The lowest BCUT2D eigenvalue weighted by Gasteiger charge is -2.15. The number of ether oxygens (including phenoxy) is 2. The lowest BCUT2D eigenvalue weighted by molar-refractivity contribution is 0.354. The van der Waals surface area contributed by atoms with Crippen molar-refractivity contribution in [3.05, 3.63) is 52.0 Å². The van der Waals surface area contributed by atoms with E-state index in [9.17, 15) is 0 Å². The lowest BCUT2D eigenvalue weighted by Crippen LogP contribution is -2.30. The number of nitrogens with one attached hydrogen (secondary N) is 2. The topological polar surface area (TPSA) is 42.5 Å². The quantitative estimate of drug-likeness (QED) is 0.724. The lowest BCUT2D eigenvalue weighted by atomic mass is 10.1. The van der Waals surface area contributed by atoms with E-state index >= 15 is 0 Å². The van der Waals surface area contributed by atoms with Gasteiger partial charge in [0.25, 0.3) is 0 Å². The van der Waals surface area contributed by atoms with Crippen molar-refractivity contribution in [1.82, 2.24) is 5.32 Å². The van der Waals surface area contributed by atoms with Gasteiger partial charge >= 0.3 is 0 Å². The molecule has 2 aromatic carbocycles. The van der Waals surface area contributed by atoms with E-state index in [4.69, 9.17) is 33.3 Å². The third-order valence-electron chi connectivity index (χ3n) is 3.82. The summed E-state index contributed by atoms with van der Waals surface area (Å²) in [6.07, 6.45) is 0.808. The van der Waals surface area contributed by atoms with Crippen LogP contribution in [0, 0.1) is 13.8 Å². The van der Waals surface area contributed by atoms with Crippen LogP contribution in [0.15, 0.2) is 30.3 Å². The highest BCUT2D eigenvalue weighted by Crippen LogP contribution is 2.28. The summed E-state index contributed by atoms with van der Waals surface area (Å²) in [5, 5.41) is 7.60. The number of thiocarbonyl (C=S) groups is 1. The number of rotatable bonds is 6. The first kappa shape index (κ1) is 19.3. The largest absolute Gasteiger partial charge is 0.493 e. The van der Waals surface area contributed by atoms with Crippen molar-refractivity contribution in [1.29, 1.82) is 0 Å². The number of methoxy groups -OCH3 is 2. The van der Waals surface area contributed by atoms with Crippen LogP contribution in [0.3, 0.4) is 0 Å². The molecule has 0 fully saturated rings. The van der Waals surface area contributed by atoms with Crippen molar-refractivity contribution in [2.45, 2.75) is 20.3 Å². The maximum Gasteiger partial charge on any atom is 0.170 e. The Morgan fingerprint density at radius 2 is 1.80 bits per heavy atom. The molecule has 0 amide bonds. The van der Waals surface area contributed by atoms with E-state index in [1.165, 1.54) is 0 Å². The summed E-state index contributed by atoms with van der Waals surface area (Å²) in [5.41, 5.74) is 4.17. The Labute approximate surface area is 159 Å². The molecule has 0 saturated heterocycles. The Hall–Kier alpha value is -1.98. The van der Waals surface area contributed by atoms with Gasteiger partial charge < -0.3 is 20.1 Å². The summed E-state index contributed by atoms with van der Waals surface area (Å²) in [6, 6.07) is 9.88. The van der Waals surface area contributed by atoms with Crippen molar-refractivity contribution in [2.24, 2.45) is 0 Å². The van der Waals surface area contributed by atoms with Gasteiger partial charge in [0.15, 0.2) is 16.6 Å². The number of hydrogen-bond acceptors (Lipinski definition) is 3. The minimum Gasteiger partial charge on any atom is -0.493 e. The van der Waals surface area contributed by atoms with Crippen molar-refractivity contribution in [3.8, 4) is 11.5 Å². The summed E-state index contributed by atoms with van der Waals surface area (Å²) in [6.45, 7) is 4.72. The van der Waals surface area contributed by atoms with Gasteiger partial charge in [0.1, 0.15) is 0 Å². The zero-order valence-corrected chi connectivity index (χ0v) is 16.5. The van der Waals surface area contributed by atoms with E-state index in [1.54, 1.807) is 14.2 Å². The average Bonchev–Trinajstić information content (AvgIpc) is 2.58. The van der Waals surface area contributed by atoms with Crippen molar-refractivity contribution >= 4 is 34.6 Å². The maximum absolute atomic E-state index is 6.30. The molecule has 6 heteroatoms. The third-order valence-corrected chi connectivity index (χ3v) is 4.36. The molecular formula is C19H23ClN2O2S. The second kappa shape index (κ2) is 8.92. The third kappa shape index (κ3) is 5.25. The number of halogens is 1. The van der Waals surface area contributed by atoms with Crippen LogP contribution in [0.1, 0.15) is 16.7 Å². The minimum atomic E-state index is 0.550. The predicted molar refractivity (Wildman–Crippen MR) is 108 cm³/mol. The molecule has 25 heavy (non-hydrogen) atoms. The molecule has 0 unspecified atom stereocenters. The summed E-state index contributed by atoms with van der Waals surface area (Å²) < 4.78 is 10.6. The second-order valence-electron chi connectivity index (χ2n) is 5.76. The first-order valence-electron chi connectivity index (χ1n) is 7.97. The van der Waals surface area contributed by atoms with Gasteiger partial charge in [0.2, 0.25) is 0 Å². The Balaban J connectivity index is 1.91.